The molecule has 180 valence electrons. The van der Waals surface area contributed by atoms with Gasteiger partial charge in [-0.3, -0.25) is 0 Å². The van der Waals surface area contributed by atoms with Gasteiger partial charge in [0.1, 0.15) is 0 Å². The third kappa shape index (κ3) is 6.55. The lowest BCUT2D eigenvalue weighted by molar-refractivity contribution is 0.0601. The normalized spacial score (nSPS) is 11.5. The standard InChI is InChI=1S/C28H33NO4S/c1-4-5-19-34(31,32)29(18-17-23-12-7-6-8-13-23)21-24-15-16-26(28(30)33-3)27(20-24)25-14-10-9-11-22(25)2/h6-16,20H,4-5,17-19,21H2,1-3H3. The molecular formula is C28H33NO4S. The number of carbonyl (C=O) groups is 1. The fourth-order valence-corrected chi connectivity index (χ4v) is 5.58. The highest BCUT2D eigenvalue weighted by Crippen LogP contribution is 2.29. The Hall–Kier alpha value is -2.96. The van der Waals surface area contributed by atoms with Gasteiger partial charge in [0.25, 0.3) is 0 Å². The summed E-state index contributed by atoms with van der Waals surface area (Å²) in [6, 6.07) is 23.2. The molecule has 0 heterocycles. The van der Waals surface area contributed by atoms with Crippen LogP contribution in [0.3, 0.4) is 0 Å². The van der Waals surface area contributed by atoms with Crippen molar-refractivity contribution >= 4 is 16.0 Å². The number of hydrogen-bond acceptors (Lipinski definition) is 4. The van der Waals surface area contributed by atoms with Gasteiger partial charge < -0.3 is 4.74 Å². The largest absolute Gasteiger partial charge is 0.465 e. The van der Waals surface area contributed by atoms with Gasteiger partial charge in [-0.05, 0) is 59.7 Å². The summed E-state index contributed by atoms with van der Waals surface area (Å²) in [5, 5.41) is 0. The molecular weight excluding hydrogens is 446 g/mol. The lowest BCUT2D eigenvalue weighted by atomic mass is 9.94. The van der Waals surface area contributed by atoms with Crippen molar-refractivity contribution in [2.75, 3.05) is 19.4 Å². The summed E-state index contributed by atoms with van der Waals surface area (Å²) in [6.07, 6.45) is 2.08. The summed E-state index contributed by atoms with van der Waals surface area (Å²) in [5.74, 6) is -0.287. The van der Waals surface area contributed by atoms with Crippen molar-refractivity contribution in [3.05, 3.63) is 95.1 Å². The molecule has 5 nitrogen and oxygen atoms in total. The van der Waals surface area contributed by atoms with Crippen LogP contribution in [0, 0.1) is 6.92 Å². The second kappa shape index (κ2) is 12.0. The zero-order chi connectivity index (χ0) is 24.6. The molecule has 0 atom stereocenters. The van der Waals surface area contributed by atoms with Crippen molar-refractivity contribution in [2.45, 2.75) is 39.7 Å². The Labute approximate surface area is 203 Å². The van der Waals surface area contributed by atoms with E-state index in [0.29, 0.717) is 24.9 Å². The van der Waals surface area contributed by atoms with E-state index in [4.69, 9.17) is 4.74 Å². The highest BCUT2D eigenvalue weighted by Gasteiger charge is 2.23. The van der Waals surface area contributed by atoms with Crippen molar-refractivity contribution in [2.24, 2.45) is 0 Å². The van der Waals surface area contributed by atoms with Crippen LogP contribution in [-0.4, -0.2) is 38.1 Å². The van der Waals surface area contributed by atoms with E-state index in [-0.39, 0.29) is 12.3 Å². The quantitative estimate of drug-likeness (QED) is 0.335. The summed E-state index contributed by atoms with van der Waals surface area (Å²) < 4.78 is 33.0. The minimum Gasteiger partial charge on any atom is -0.465 e. The maximum Gasteiger partial charge on any atom is 0.338 e. The summed E-state index contributed by atoms with van der Waals surface area (Å²) in [5.41, 5.74) is 5.09. The minimum absolute atomic E-state index is 0.128. The molecule has 0 aliphatic carbocycles. The average Bonchev–Trinajstić information content (AvgIpc) is 2.85. The SMILES string of the molecule is CCCCS(=O)(=O)N(CCc1ccccc1)Cc1ccc(C(=O)OC)c(-c2ccccc2C)c1. The lowest BCUT2D eigenvalue weighted by Crippen LogP contribution is -2.34. The van der Waals surface area contributed by atoms with Crippen molar-refractivity contribution in [1.82, 2.24) is 4.31 Å². The Bertz CT molecular complexity index is 1210. The van der Waals surface area contributed by atoms with Crippen LogP contribution in [0.4, 0.5) is 0 Å². The first-order chi connectivity index (χ1) is 16.4. The molecule has 0 aliphatic rings. The molecule has 0 fully saturated rings. The number of methoxy groups -OCH3 is 1. The van der Waals surface area contributed by atoms with E-state index in [2.05, 4.69) is 0 Å². The van der Waals surface area contributed by atoms with Crippen molar-refractivity contribution in [3.63, 3.8) is 0 Å². The van der Waals surface area contributed by atoms with Crippen LogP contribution in [0.15, 0.2) is 72.8 Å². The van der Waals surface area contributed by atoms with Crippen LogP contribution < -0.4 is 0 Å². The molecule has 34 heavy (non-hydrogen) atoms. The number of nitrogens with zero attached hydrogens (tertiary/aromatic N) is 1. The van der Waals surface area contributed by atoms with Crippen LogP contribution in [0.2, 0.25) is 0 Å². The first-order valence-corrected chi connectivity index (χ1v) is 13.3. The highest BCUT2D eigenvalue weighted by atomic mass is 32.2. The number of unbranched alkanes of at least 4 members (excludes halogenated alkanes) is 1. The van der Waals surface area contributed by atoms with Crippen LogP contribution in [-0.2, 0) is 27.7 Å². The molecule has 0 aromatic heterocycles. The van der Waals surface area contributed by atoms with Crippen molar-refractivity contribution < 1.29 is 17.9 Å². The zero-order valence-corrected chi connectivity index (χ0v) is 21.0. The molecule has 3 rings (SSSR count). The third-order valence-electron chi connectivity index (χ3n) is 5.93. The monoisotopic (exact) mass is 479 g/mol. The van der Waals surface area contributed by atoms with Gasteiger partial charge in [0.05, 0.1) is 18.4 Å². The first-order valence-electron chi connectivity index (χ1n) is 11.6. The van der Waals surface area contributed by atoms with E-state index in [1.165, 1.54) is 7.11 Å². The minimum atomic E-state index is -3.43. The number of sulfonamides is 1. The van der Waals surface area contributed by atoms with E-state index >= 15 is 0 Å². The average molecular weight is 480 g/mol. The fourth-order valence-electron chi connectivity index (χ4n) is 3.95. The number of benzene rings is 3. The van der Waals surface area contributed by atoms with Gasteiger partial charge in [0.15, 0.2) is 0 Å². The zero-order valence-electron chi connectivity index (χ0n) is 20.2. The van der Waals surface area contributed by atoms with Gasteiger partial charge in [-0.25, -0.2) is 13.2 Å². The molecule has 0 radical (unpaired) electrons. The number of rotatable bonds is 11. The molecule has 6 heteroatoms. The van der Waals surface area contributed by atoms with Crippen molar-refractivity contribution in [1.29, 1.82) is 0 Å². The number of aryl methyl sites for hydroxylation is 1. The van der Waals surface area contributed by atoms with Crippen LogP contribution in [0.5, 0.6) is 0 Å². The molecule has 0 bridgehead atoms. The number of carbonyl (C=O) groups excluding carboxylic acids is 1. The van der Waals surface area contributed by atoms with Crippen LogP contribution in [0.25, 0.3) is 11.1 Å². The molecule has 0 aliphatic heterocycles. The maximum absolute atomic E-state index is 13.2. The Morgan fingerprint density at radius 2 is 1.62 bits per heavy atom. The molecule has 0 amide bonds. The summed E-state index contributed by atoms with van der Waals surface area (Å²) in [7, 11) is -2.06. The second-order valence-electron chi connectivity index (χ2n) is 8.43. The fraction of sp³-hybridized carbons (Fsp3) is 0.321. The van der Waals surface area contributed by atoms with E-state index in [1.54, 1.807) is 10.4 Å². The Morgan fingerprint density at radius 1 is 0.912 bits per heavy atom. The summed E-state index contributed by atoms with van der Waals surface area (Å²) in [4.78, 5) is 12.5. The predicted octanol–water partition coefficient (Wildman–Crippen LogP) is 5.62. The molecule has 0 unspecified atom stereocenters. The van der Waals surface area contributed by atoms with E-state index < -0.39 is 16.0 Å². The Balaban J connectivity index is 1.96. The smallest absolute Gasteiger partial charge is 0.338 e. The number of esters is 1. The number of ether oxygens (including phenoxy) is 1. The summed E-state index contributed by atoms with van der Waals surface area (Å²) >= 11 is 0. The van der Waals surface area contributed by atoms with Gasteiger partial charge >= 0.3 is 5.97 Å². The second-order valence-corrected chi connectivity index (χ2v) is 10.5. The van der Waals surface area contributed by atoms with Gasteiger partial charge in [0, 0.05) is 13.1 Å². The first kappa shape index (κ1) is 25.7. The van der Waals surface area contributed by atoms with Gasteiger partial charge in [-0.15, -0.1) is 0 Å². The van der Waals surface area contributed by atoms with E-state index in [1.807, 2.05) is 80.6 Å². The molecule has 0 saturated carbocycles. The van der Waals surface area contributed by atoms with Crippen LogP contribution >= 0.6 is 0 Å². The number of hydrogen-bond donors (Lipinski definition) is 0. The van der Waals surface area contributed by atoms with E-state index in [0.717, 1.165) is 34.2 Å². The Morgan fingerprint density at radius 3 is 2.29 bits per heavy atom. The molecule has 3 aromatic rings. The van der Waals surface area contributed by atoms with Crippen LogP contribution in [0.1, 0.15) is 46.8 Å². The van der Waals surface area contributed by atoms with Gasteiger partial charge in [-0.1, -0.05) is 74.0 Å². The Kier molecular flexibility index (Phi) is 9.02. The van der Waals surface area contributed by atoms with E-state index in [9.17, 15) is 13.2 Å². The topological polar surface area (TPSA) is 63.7 Å². The predicted molar refractivity (Wildman–Crippen MR) is 137 cm³/mol. The molecule has 0 spiro atoms. The van der Waals surface area contributed by atoms with Gasteiger partial charge in [0.2, 0.25) is 10.0 Å². The lowest BCUT2D eigenvalue weighted by Gasteiger charge is -2.23. The highest BCUT2D eigenvalue weighted by molar-refractivity contribution is 7.89. The molecule has 0 saturated heterocycles. The maximum atomic E-state index is 13.2. The summed E-state index contributed by atoms with van der Waals surface area (Å²) in [6.45, 7) is 4.63. The van der Waals surface area contributed by atoms with Gasteiger partial charge in [-0.2, -0.15) is 4.31 Å². The van der Waals surface area contributed by atoms with Crippen molar-refractivity contribution in [3.8, 4) is 11.1 Å². The molecule has 0 N–H and O–H groups in total. The molecule has 3 aromatic carbocycles. The third-order valence-corrected chi connectivity index (χ3v) is 7.83.